The van der Waals surface area contributed by atoms with Gasteiger partial charge in [-0.1, -0.05) is 226 Å². The smallest absolute Gasteiger partial charge is 0.306 e. The zero-order valence-electron chi connectivity index (χ0n) is 37.5. The van der Waals surface area contributed by atoms with Gasteiger partial charge in [0, 0.05) is 19.3 Å². The first kappa shape index (κ1) is 54.8. The van der Waals surface area contributed by atoms with Gasteiger partial charge in [0.25, 0.3) is 0 Å². The Morgan fingerprint density at radius 1 is 0.356 bits per heavy atom. The van der Waals surface area contributed by atoms with Crippen molar-refractivity contribution in [2.45, 2.75) is 181 Å². The molecule has 0 aromatic heterocycles. The number of unbranched alkanes of at least 4 members (excludes halogenated alkanes) is 16. The predicted molar refractivity (Wildman–Crippen MR) is 251 cm³/mol. The van der Waals surface area contributed by atoms with Crippen LogP contribution in [0.25, 0.3) is 0 Å². The van der Waals surface area contributed by atoms with Crippen LogP contribution < -0.4 is 0 Å². The Labute approximate surface area is 361 Å². The number of rotatable bonds is 39. The Morgan fingerprint density at radius 3 is 1.08 bits per heavy atom. The highest BCUT2D eigenvalue weighted by Crippen LogP contribution is 2.14. The third-order valence-electron chi connectivity index (χ3n) is 9.22. The van der Waals surface area contributed by atoms with Crippen LogP contribution in [0.4, 0.5) is 0 Å². The van der Waals surface area contributed by atoms with E-state index in [0.717, 1.165) is 64.2 Å². The molecule has 0 saturated heterocycles. The van der Waals surface area contributed by atoms with Crippen LogP contribution >= 0.6 is 0 Å². The molecule has 330 valence electrons. The SMILES string of the molecule is CC/C=C/C=C/C=C/C=C/C=C/CCCCCC(=O)OCC(COC(=O)CCCCCCCCCCCCCCC)OC(=O)CCC/C=C/C=C/C=C/C=C/C=C/CC. The van der Waals surface area contributed by atoms with Gasteiger partial charge in [-0.05, 0) is 51.4 Å². The van der Waals surface area contributed by atoms with Crippen LogP contribution in [0.15, 0.2) is 122 Å². The number of hydrogen-bond donors (Lipinski definition) is 0. The van der Waals surface area contributed by atoms with Gasteiger partial charge >= 0.3 is 17.9 Å². The van der Waals surface area contributed by atoms with Gasteiger partial charge in [-0.25, -0.2) is 0 Å². The summed E-state index contributed by atoms with van der Waals surface area (Å²) in [6, 6.07) is 0. The molecule has 6 nitrogen and oxygen atoms in total. The van der Waals surface area contributed by atoms with E-state index >= 15 is 0 Å². The molecule has 0 aliphatic rings. The fourth-order valence-corrected chi connectivity index (χ4v) is 5.79. The summed E-state index contributed by atoms with van der Waals surface area (Å²) in [7, 11) is 0. The van der Waals surface area contributed by atoms with Crippen LogP contribution in [0, 0.1) is 0 Å². The van der Waals surface area contributed by atoms with E-state index in [0.29, 0.717) is 19.3 Å². The molecule has 0 bridgehead atoms. The van der Waals surface area contributed by atoms with Crippen molar-refractivity contribution in [3.05, 3.63) is 122 Å². The fraction of sp³-hybridized carbons (Fsp3) is 0.566. The maximum Gasteiger partial charge on any atom is 0.306 e. The molecular weight excluding hydrogens is 733 g/mol. The van der Waals surface area contributed by atoms with Gasteiger partial charge in [0.2, 0.25) is 0 Å². The average Bonchev–Trinajstić information content (AvgIpc) is 3.23. The molecule has 0 aromatic carbocycles. The summed E-state index contributed by atoms with van der Waals surface area (Å²) in [6.07, 6.45) is 63.3. The van der Waals surface area contributed by atoms with E-state index < -0.39 is 12.1 Å². The number of carbonyl (C=O) groups excluding carboxylic acids is 3. The molecule has 0 rings (SSSR count). The molecule has 0 heterocycles. The van der Waals surface area contributed by atoms with Crippen LogP contribution in [0.2, 0.25) is 0 Å². The molecule has 6 heteroatoms. The number of carbonyl (C=O) groups is 3. The maximum absolute atomic E-state index is 12.7. The fourth-order valence-electron chi connectivity index (χ4n) is 5.79. The van der Waals surface area contributed by atoms with Crippen molar-refractivity contribution in [2.24, 2.45) is 0 Å². The summed E-state index contributed by atoms with van der Waals surface area (Å²) in [6.45, 7) is 6.22. The standard InChI is InChI=1S/C53H82O6/c1-4-7-10-13-16-19-22-25-26-29-31-34-37-40-43-46-52(55)58-49-50(59-53(56)47-44-41-38-35-32-28-24-21-18-15-12-9-6-3)48-57-51(54)45-42-39-36-33-30-27-23-20-17-14-11-8-5-2/h7,9-10,12-13,15-16,18-19,21-22,24-26,28-29,31-32,35,38,50H,4-6,8,11,14,17,20,23,27,30,33-34,36-37,39-49H2,1-3H3/b10-7+,12-9+,16-13+,18-15+,22-19+,24-21+,26-25+,31-29+,32-28+,38-35+. The molecule has 0 radical (unpaired) electrons. The summed E-state index contributed by atoms with van der Waals surface area (Å²) in [5, 5.41) is 0. The Balaban J connectivity index is 4.60. The molecule has 0 amide bonds. The Kier molecular flexibility index (Phi) is 43.2. The molecule has 1 atom stereocenters. The number of allylic oxidation sites excluding steroid dienone is 20. The largest absolute Gasteiger partial charge is 0.462 e. The second-order valence-corrected chi connectivity index (χ2v) is 14.8. The normalized spacial score (nSPS) is 13.2. The summed E-state index contributed by atoms with van der Waals surface area (Å²) in [5.74, 6) is -1.05. The zero-order chi connectivity index (χ0) is 43.0. The Hall–Kier alpha value is -4.19. The van der Waals surface area contributed by atoms with E-state index in [2.05, 4.69) is 39.0 Å². The molecule has 0 aliphatic heterocycles. The van der Waals surface area contributed by atoms with Crippen LogP contribution in [0.1, 0.15) is 175 Å². The van der Waals surface area contributed by atoms with Gasteiger partial charge in [0.15, 0.2) is 6.10 Å². The molecule has 0 fully saturated rings. The first-order chi connectivity index (χ1) is 29.0. The highest BCUT2D eigenvalue weighted by atomic mass is 16.6. The van der Waals surface area contributed by atoms with E-state index in [1.165, 1.54) is 64.2 Å². The van der Waals surface area contributed by atoms with Gasteiger partial charge in [-0.15, -0.1) is 0 Å². The van der Waals surface area contributed by atoms with Gasteiger partial charge in [0.1, 0.15) is 13.2 Å². The Morgan fingerprint density at radius 2 is 0.678 bits per heavy atom. The number of hydrogen-bond acceptors (Lipinski definition) is 6. The molecule has 0 N–H and O–H groups in total. The van der Waals surface area contributed by atoms with Gasteiger partial charge in [0.05, 0.1) is 0 Å². The van der Waals surface area contributed by atoms with Crippen molar-refractivity contribution in [3.8, 4) is 0 Å². The lowest BCUT2D eigenvalue weighted by atomic mass is 10.0. The van der Waals surface area contributed by atoms with Crippen molar-refractivity contribution >= 4 is 17.9 Å². The lowest BCUT2D eigenvalue weighted by molar-refractivity contribution is -0.167. The third-order valence-corrected chi connectivity index (χ3v) is 9.22. The molecule has 59 heavy (non-hydrogen) atoms. The minimum Gasteiger partial charge on any atom is -0.462 e. The van der Waals surface area contributed by atoms with E-state index in [1.54, 1.807) is 0 Å². The first-order valence-corrected chi connectivity index (χ1v) is 23.2. The maximum atomic E-state index is 12.7. The topological polar surface area (TPSA) is 78.9 Å². The van der Waals surface area contributed by atoms with E-state index in [4.69, 9.17) is 14.2 Å². The number of esters is 3. The van der Waals surface area contributed by atoms with Gasteiger partial charge in [-0.2, -0.15) is 0 Å². The molecule has 1 unspecified atom stereocenters. The highest BCUT2D eigenvalue weighted by Gasteiger charge is 2.19. The van der Waals surface area contributed by atoms with Gasteiger partial charge in [-0.3, -0.25) is 14.4 Å². The third kappa shape index (κ3) is 44.8. The van der Waals surface area contributed by atoms with Crippen molar-refractivity contribution < 1.29 is 28.6 Å². The number of ether oxygens (including phenoxy) is 3. The molecule has 0 spiro atoms. The lowest BCUT2D eigenvalue weighted by Gasteiger charge is -2.18. The van der Waals surface area contributed by atoms with E-state index in [1.807, 2.05) is 103 Å². The van der Waals surface area contributed by atoms with E-state index in [9.17, 15) is 14.4 Å². The van der Waals surface area contributed by atoms with Crippen LogP contribution in [0.3, 0.4) is 0 Å². The van der Waals surface area contributed by atoms with Crippen LogP contribution in [0.5, 0.6) is 0 Å². The molecule has 0 aliphatic carbocycles. The lowest BCUT2D eigenvalue weighted by Crippen LogP contribution is -2.30. The highest BCUT2D eigenvalue weighted by molar-refractivity contribution is 5.71. The molecule has 0 saturated carbocycles. The molecule has 0 aromatic rings. The summed E-state index contributed by atoms with van der Waals surface area (Å²) >= 11 is 0. The quantitative estimate of drug-likeness (QED) is 0.0266. The Bertz CT molecular complexity index is 1300. The second kappa shape index (κ2) is 46.5. The summed E-state index contributed by atoms with van der Waals surface area (Å²) in [5.41, 5.74) is 0. The van der Waals surface area contributed by atoms with Crippen molar-refractivity contribution in [1.82, 2.24) is 0 Å². The minimum absolute atomic E-state index is 0.123. The first-order valence-electron chi connectivity index (χ1n) is 23.2. The second-order valence-electron chi connectivity index (χ2n) is 14.8. The van der Waals surface area contributed by atoms with Gasteiger partial charge < -0.3 is 14.2 Å². The van der Waals surface area contributed by atoms with E-state index in [-0.39, 0.29) is 31.6 Å². The monoisotopic (exact) mass is 815 g/mol. The predicted octanol–water partition coefficient (Wildman–Crippen LogP) is 15.0. The molecular formula is C53H82O6. The van der Waals surface area contributed by atoms with Crippen LogP contribution in [-0.2, 0) is 28.6 Å². The van der Waals surface area contributed by atoms with Crippen LogP contribution in [-0.4, -0.2) is 37.2 Å². The average molecular weight is 815 g/mol. The van der Waals surface area contributed by atoms with Crippen molar-refractivity contribution in [1.29, 1.82) is 0 Å². The summed E-state index contributed by atoms with van der Waals surface area (Å²) in [4.78, 5) is 37.8. The van der Waals surface area contributed by atoms with Crippen molar-refractivity contribution in [3.63, 3.8) is 0 Å². The summed E-state index contributed by atoms with van der Waals surface area (Å²) < 4.78 is 16.6. The zero-order valence-corrected chi connectivity index (χ0v) is 37.5. The minimum atomic E-state index is -0.833. The van der Waals surface area contributed by atoms with Crippen molar-refractivity contribution in [2.75, 3.05) is 13.2 Å².